The van der Waals surface area contributed by atoms with Gasteiger partial charge in [-0.15, -0.1) is 0 Å². The van der Waals surface area contributed by atoms with E-state index >= 15 is 0 Å². The number of nitro benzene ring substituents is 1. The molecule has 122 valence electrons. The first kappa shape index (κ1) is 15.3. The van der Waals surface area contributed by atoms with Gasteiger partial charge in [0.25, 0.3) is 5.91 Å². The first-order chi connectivity index (χ1) is 10.8. The molecule has 8 nitrogen and oxygen atoms in total. The highest BCUT2D eigenvalue weighted by molar-refractivity contribution is 6.21. The smallest absolute Gasteiger partial charge is 0.332 e. The van der Waals surface area contributed by atoms with E-state index in [1.165, 1.54) is 11.0 Å². The molecule has 3 unspecified atom stereocenters. The van der Waals surface area contributed by atoms with E-state index in [0.29, 0.717) is 0 Å². The van der Waals surface area contributed by atoms with Crippen molar-refractivity contribution in [2.45, 2.75) is 32.1 Å². The monoisotopic (exact) mass is 323 g/mol. The molecule has 0 aliphatic carbocycles. The summed E-state index contributed by atoms with van der Waals surface area (Å²) < 4.78 is 19.0. The van der Waals surface area contributed by atoms with Crippen molar-refractivity contribution >= 4 is 23.3 Å². The van der Waals surface area contributed by atoms with Gasteiger partial charge < -0.3 is 9.64 Å². The first-order valence-electron chi connectivity index (χ1n) is 7.05. The third-order valence-corrected chi connectivity index (χ3v) is 3.98. The number of nitrogens with zero attached hydrogens (tertiary/aromatic N) is 3. The van der Waals surface area contributed by atoms with Gasteiger partial charge in [-0.25, -0.2) is 9.69 Å². The molecule has 3 atom stereocenters. The Hall–Kier alpha value is -2.55. The predicted molar refractivity (Wildman–Crippen MR) is 76.4 cm³/mol. The molecule has 0 saturated carbocycles. The van der Waals surface area contributed by atoms with Crippen LogP contribution in [0.1, 0.15) is 13.8 Å². The Morgan fingerprint density at radius 2 is 2.04 bits per heavy atom. The SMILES string of the molecule is CC1CN2C(=O)N(c3ccc(F)c([N+](=O)[O-])c3)C(=O)C2C(C)O1. The molecule has 1 aromatic rings. The average molecular weight is 323 g/mol. The number of imide groups is 1. The van der Waals surface area contributed by atoms with Crippen LogP contribution in [0.25, 0.3) is 0 Å². The van der Waals surface area contributed by atoms with Crippen molar-refractivity contribution in [1.82, 2.24) is 4.90 Å². The summed E-state index contributed by atoms with van der Waals surface area (Å²) in [6, 6.07) is 1.57. The zero-order valence-electron chi connectivity index (χ0n) is 12.4. The van der Waals surface area contributed by atoms with Gasteiger partial charge >= 0.3 is 11.7 Å². The van der Waals surface area contributed by atoms with Crippen LogP contribution >= 0.6 is 0 Å². The van der Waals surface area contributed by atoms with Crippen molar-refractivity contribution in [2.75, 3.05) is 11.4 Å². The number of anilines is 1. The summed E-state index contributed by atoms with van der Waals surface area (Å²) in [6.07, 6.45) is -0.712. The molecule has 2 aliphatic heterocycles. The van der Waals surface area contributed by atoms with E-state index < -0.39 is 40.5 Å². The highest BCUT2D eigenvalue weighted by Gasteiger charge is 2.51. The Morgan fingerprint density at radius 3 is 2.70 bits per heavy atom. The van der Waals surface area contributed by atoms with Crippen LogP contribution in [0.2, 0.25) is 0 Å². The number of amides is 3. The molecule has 0 spiro atoms. The molecule has 0 radical (unpaired) electrons. The lowest BCUT2D eigenvalue weighted by molar-refractivity contribution is -0.387. The number of fused-ring (bicyclic) bond motifs is 1. The first-order valence-corrected chi connectivity index (χ1v) is 7.05. The van der Waals surface area contributed by atoms with Gasteiger partial charge in [0.05, 0.1) is 22.8 Å². The molecule has 0 bridgehead atoms. The van der Waals surface area contributed by atoms with Crippen LogP contribution in [-0.4, -0.2) is 46.6 Å². The van der Waals surface area contributed by atoms with Gasteiger partial charge in [0.15, 0.2) is 0 Å². The number of nitro groups is 1. The minimum atomic E-state index is -1.03. The molecule has 23 heavy (non-hydrogen) atoms. The molecule has 0 aromatic heterocycles. The molecular formula is C14H14FN3O5. The van der Waals surface area contributed by atoms with Crippen molar-refractivity contribution in [2.24, 2.45) is 0 Å². The third-order valence-electron chi connectivity index (χ3n) is 3.98. The molecule has 2 aliphatic rings. The molecule has 3 amide bonds. The normalized spacial score (nSPS) is 27.3. The molecule has 3 rings (SSSR count). The Balaban J connectivity index is 2.01. The van der Waals surface area contributed by atoms with E-state index in [1.807, 2.05) is 0 Å². The van der Waals surface area contributed by atoms with Gasteiger partial charge in [0.1, 0.15) is 6.04 Å². The summed E-state index contributed by atoms with van der Waals surface area (Å²) in [5, 5.41) is 10.8. The molecule has 2 heterocycles. The highest BCUT2D eigenvalue weighted by Crippen LogP contribution is 2.33. The van der Waals surface area contributed by atoms with Gasteiger partial charge in [0.2, 0.25) is 5.82 Å². The molecule has 0 N–H and O–H groups in total. The number of carbonyl (C=O) groups excluding carboxylic acids is 2. The zero-order chi connectivity index (χ0) is 16.9. The summed E-state index contributed by atoms with van der Waals surface area (Å²) in [5.74, 6) is -1.56. The van der Waals surface area contributed by atoms with Crippen LogP contribution in [-0.2, 0) is 9.53 Å². The fraction of sp³-hybridized carbons (Fsp3) is 0.429. The van der Waals surface area contributed by atoms with Gasteiger partial charge in [-0.2, -0.15) is 4.39 Å². The summed E-state index contributed by atoms with van der Waals surface area (Å²) in [7, 11) is 0. The number of morpholine rings is 1. The van der Waals surface area contributed by atoms with Crippen LogP contribution in [0, 0.1) is 15.9 Å². The minimum Gasteiger partial charge on any atom is -0.371 e. The number of urea groups is 1. The molecular weight excluding hydrogens is 309 g/mol. The second kappa shape index (κ2) is 5.27. The summed E-state index contributed by atoms with van der Waals surface area (Å²) in [6.45, 7) is 3.73. The van der Waals surface area contributed by atoms with Gasteiger partial charge in [-0.05, 0) is 26.0 Å². The van der Waals surface area contributed by atoms with Crippen LogP contribution in [0.5, 0.6) is 0 Å². The average Bonchev–Trinajstić information content (AvgIpc) is 2.71. The van der Waals surface area contributed by atoms with E-state index in [9.17, 15) is 24.1 Å². The van der Waals surface area contributed by atoms with Crippen molar-refractivity contribution in [1.29, 1.82) is 0 Å². The van der Waals surface area contributed by atoms with E-state index in [1.54, 1.807) is 13.8 Å². The fourth-order valence-electron chi connectivity index (χ4n) is 3.03. The van der Waals surface area contributed by atoms with Crippen molar-refractivity contribution in [3.63, 3.8) is 0 Å². The van der Waals surface area contributed by atoms with E-state index in [2.05, 4.69) is 0 Å². The Labute approximate surface area is 130 Å². The number of rotatable bonds is 2. The topological polar surface area (TPSA) is 93.0 Å². The summed E-state index contributed by atoms with van der Waals surface area (Å²) >= 11 is 0. The molecule has 2 saturated heterocycles. The van der Waals surface area contributed by atoms with Crippen LogP contribution in [0.3, 0.4) is 0 Å². The lowest BCUT2D eigenvalue weighted by Crippen LogP contribution is -2.53. The third kappa shape index (κ3) is 2.33. The van der Waals surface area contributed by atoms with Gasteiger partial charge in [0, 0.05) is 12.6 Å². The molecule has 1 aromatic carbocycles. The Kier molecular flexibility index (Phi) is 3.52. The van der Waals surface area contributed by atoms with E-state index in [-0.39, 0.29) is 18.3 Å². The lowest BCUT2D eigenvalue weighted by Gasteiger charge is -2.35. The van der Waals surface area contributed by atoms with Gasteiger partial charge in [-0.3, -0.25) is 14.9 Å². The molecule has 9 heteroatoms. The second-order valence-corrected chi connectivity index (χ2v) is 5.60. The van der Waals surface area contributed by atoms with E-state index in [4.69, 9.17) is 4.74 Å². The Morgan fingerprint density at radius 1 is 1.35 bits per heavy atom. The van der Waals surface area contributed by atoms with Crippen molar-refractivity contribution in [3.8, 4) is 0 Å². The number of hydrogen-bond acceptors (Lipinski definition) is 5. The summed E-state index contributed by atoms with van der Waals surface area (Å²) in [5.41, 5.74) is -0.812. The lowest BCUT2D eigenvalue weighted by atomic mass is 10.1. The summed E-state index contributed by atoms with van der Waals surface area (Å²) in [4.78, 5) is 37.2. The number of hydrogen-bond donors (Lipinski definition) is 0. The van der Waals surface area contributed by atoms with Crippen molar-refractivity contribution < 1.29 is 23.6 Å². The maximum atomic E-state index is 13.5. The van der Waals surface area contributed by atoms with Crippen molar-refractivity contribution in [3.05, 3.63) is 34.1 Å². The number of carbonyl (C=O) groups is 2. The maximum Gasteiger partial charge on any atom is 0.332 e. The number of halogens is 1. The Bertz CT molecular complexity index is 710. The van der Waals surface area contributed by atoms with Gasteiger partial charge in [-0.1, -0.05) is 0 Å². The maximum absolute atomic E-state index is 13.5. The highest BCUT2D eigenvalue weighted by atomic mass is 19.1. The predicted octanol–water partition coefficient (Wildman–Crippen LogP) is 1.68. The van der Waals surface area contributed by atoms with E-state index in [0.717, 1.165) is 17.0 Å². The largest absolute Gasteiger partial charge is 0.371 e. The fourth-order valence-corrected chi connectivity index (χ4v) is 3.03. The second-order valence-electron chi connectivity index (χ2n) is 5.60. The number of ether oxygens (including phenoxy) is 1. The quantitative estimate of drug-likeness (QED) is 0.469. The minimum absolute atomic E-state index is 0.0256. The van der Waals surface area contributed by atoms with Crippen LogP contribution in [0.4, 0.5) is 20.6 Å². The van der Waals surface area contributed by atoms with Crippen LogP contribution < -0.4 is 4.90 Å². The standard InChI is InChI=1S/C14H14FN3O5/c1-7-6-16-12(8(2)23-7)13(19)17(14(16)20)9-3-4-10(15)11(5-9)18(21)22/h3-5,7-8,12H,6H2,1-2H3. The molecule has 2 fully saturated rings. The zero-order valence-corrected chi connectivity index (χ0v) is 12.4. The number of benzene rings is 1. The van der Waals surface area contributed by atoms with Crippen LogP contribution in [0.15, 0.2) is 18.2 Å².